The first-order chi connectivity index (χ1) is 11.7. The fraction of sp³-hybridized carbons (Fsp3) is 0.0556. The van der Waals surface area contributed by atoms with Gasteiger partial charge in [0.25, 0.3) is 5.91 Å². The number of pyridine rings is 1. The number of nitrogens with zero attached hydrogens (tertiary/aromatic N) is 2. The van der Waals surface area contributed by atoms with E-state index in [9.17, 15) is 4.79 Å². The average molecular weight is 319 g/mol. The molecule has 0 aliphatic heterocycles. The molecule has 1 aromatic carbocycles. The number of aromatic nitrogens is 2. The van der Waals surface area contributed by atoms with E-state index in [1.807, 2.05) is 30.3 Å². The molecule has 0 atom stereocenters. The van der Waals surface area contributed by atoms with Crippen molar-refractivity contribution in [1.82, 2.24) is 9.97 Å². The number of furan rings is 1. The number of aryl methyl sites for hydroxylation is 1. The van der Waals surface area contributed by atoms with Gasteiger partial charge in [0, 0.05) is 5.56 Å². The first-order valence-electron chi connectivity index (χ1n) is 7.39. The summed E-state index contributed by atoms with van der Waals surface area (Å²) in [5, 5.41) is 2.78. The smallest absolute Gasteiger partial charge is 0.291 e. The lowest BCUT2D eigenvalue weighted by Crippen LogP contribution is -2.12. The summed E-state index contributed by atoms with van der Waals surface area (Å²) in [6.07, 6.45) is 1.45. The topological polar surface area (TPSA) is 81.2 Å². The van der Waals surface area contributed by atoms with Crippen molar-refractivity contribution < 1.29 is 13.6 Å². The van der Waals surface area contributed by atoms with Gasteiger partial charge >= 0.3 is 0 Å². The lowest BCUT2D eigenvalue weighted by atomic mass is 10.2. The molecule has 1 amide bonds. The van der Waals surface area contributed by atoms with Crippen LogP contribution in [0.1, 0.15) is 16.2 Å². The van der Waals surface area contributed by atoms with Crippen LogP contribution in [0.4, 0.5) is 5.69 Å². The first-order valence-corrected chi connectivity index (χ1v) is 7.39. The van der Waals surface area contributed by atoms with Gasteiger partial charge in [-0.3, -0.25) is 4.79 Å². The molecule has 0 saturated heterocycles. The van der Waals surface area contributed by atoms with Crippen molar-refractivity contribution in [3.05, 3.63) is 66.2 Å². The Hall–Kier alpha value is -3.41. The second-order valence-electron chi connectivity index (χ2n) is 5.26. The number of carbonyl (C=O) groups excluding carboxylic acids is 1. The van der Waals surface area contributed by atoms with Gasteiger partial charge in [-0.05, 0) is 37.3 Å². The number of benzene rings is 1. The molecule has 0 unspecified atom stereocenters. The van der Waals surface area contributed by atoms with Crippen molar-refractivity contribution in [3.8, 4) is 11.5 Å². The van der Waals surface area contributed by atoms with E-state index in [0.29, 0.717) is 28.5 Å². The Labute approximate surface area is 137 Å². The maximum Gasteiger partial charge on any atom is 0.291 e. The minimum atomic E-state index is -0.337. The Morgan fingerprint density at radius 1 is 1.08 bits per heavy atom. The predicted molar refractivity (Wildman–Crippen MR) is 88.6 cm³/mol. The van der Waals surface area contributed by atoms with Crippen LogP contribution in [0.3, 0.4) is 0 Å². The number of hydrogen-bond donors (Lipinski definition) is 1. The van der Waals surface area contributed by atoms with Gasteiger partial charge in [0.05, 0.1) is 17.6 Å². The molecular formula is C18H13N3O3. The van der Waals surface area contributed by atoms with Crippen LogP contribution in [0.2, 0.25) is 0 Å². The fourth-order valence-corrected chi connectivity index (χ4v) is 2.37. The van der Waals surface area contributed by atoms with Crippen LogP contribution in [0.5, 0.6) is 0 Å². The van der Waals surface area contributed by atoms with E-state index in [1.54, 1.807) is 25.1 Å². The van der Waals surface area contributed by atoms with E-state index in [1.165, 1.54) is 6.26 Å². The minimum absolute atomic E-state index is 0.236. The zero-order chi connectivity index (χ0) is 16.5. The highest BCUT2D eigenvalue weighted by atomic mass is 16.4. The molecule has 0 saturated carbocycles. The zero-order valence-corrected chi connectivity index (χ0v) is 12.8. The molecule has 4 aromatic rings. The summed E-state index contributed by atoms with van der Waals surface area (Å²) in [6.45, 7) is 1.79. The third kappa shape index (κ3) is 2.54. The van der Waals surface area contributed by atoms with Crippen molar-refractivity contribution >= 4 is 22.8 Å². The first kappa shape index (κ1) is 14.2. The standard InChI is InChI=1S/C18H13N3O3/c1-11-13(20-16(22)15-8-5-9-23-15)10-14-18(19-11)24-17(21-14)12-6-3-2-4-7-12/h2-10H,1H3,(H,20,22). The molecule has 0 spiro atoms. The van der Waals surface area contributed by atoms with E-state index in [0.717, 1.165) is 5.56 Å². The molecule has 3 heterocycles. The van der Waals surface area contributed by atoms with Crippen molar-refractivity contribution in [3.63, 3.8) is 0 Å². The molecule has 3 aromatic heterocycles. The molecule has 0 radical (unpaired) electrons. The largest absolute Gasteiger partial charge is 0.459 e. The molecule has 24 heavy (non-hydrogen) atoms. The zero-order valence-electron chi connectivity index (χ0n) is 12.8. The highest BCUT2D eigenvalue weighted by molar-refractivity contribution is 6.03. The van der Waals surface area contributed by atoms with E-state index in [2.05, 4.69) is 15.3 Å². The van der Waals surface area contributed by atoms with Crippen molar-refractivity contribution in [2.75, 3.05) is 5.32 Å². The maximum absolute atomic E-state index is 12.1. The number of oxazole rings is 1. The number of hydrogen-bond acceptors (Lipinski definition) is 5. The molecule has 0 aliphatic carbocycles. The second kappa shape index (κ2) is 5.66. The fourth-order valence-electron chi connectivity index (χ4n) is 2.37. The van der Waals surface area contributed by atoms with Crippen LogP contribution in [-0.2, 0) is 0 Å². The second-order valence-corrected chi connectivity index (χ2v) is 5.26. The minimum Gasteiger partial charge on any atom is -0.459 e. The van der Waals surface area contributed by atoms with Gasteiger partial charge in [-0.1, -0.05) is 18.2 Å². The summed E-state index contributed by atoms with van der Waals surface area (Å²) in [5.41, 5.74) is 3.08. The van der Waals surface area contributed by atoms with Crippen LogP contribution in [0, 0.1) is 6.92 Å². The highest BCUT2D eigenvalue weighted by Crippen LogP contribution is 2.26. The summed E-state index contributed by atoms with van der Waals surface area (Å²) in [5.74, 6) is 0.391. The van der Waals surface area contributed by atoms with Crippen LogP contribution in [-0.4, -0.2) is 15.9 Å². The van der Waals surface area contributed by atoms with E-state index >= 15 is 0 Å². The number of fused-ring (bicyclic) bond motifs is 1. The lowest BCUT2D eigenvalue weighted by molar-refractivity contribution is 0.0996. The summed E-state index contributed by atoms with van der Waals surface area (Å²) >= 11 is 0. The molecule has 118 valence electrons. The predicted octanol–water partition coefficient (Wildman–Crippen LogP) is 4.04. The normalized spacial score (nSPS) is 10.9. The molecule has 0 bridgehead atoms. The molecular weight excluding hydrogens is 306 g/mol. The SMILES string of the molecule is Cc1nc2oc(-c3ccccc3)nc2cc1NC(=O)c1ccco1. The highest BCUT2D eigenvalue weighted by Gasteiger charge is 2.15. The third-order valence-corrected chi connectivity index (χ3v) is 3.59. The van der Waals surface area contributed by atoms with Gasteiger partial charge in [-0.25, -0.2) is 9.97 Å². The number of anilines is 1. The number of nitrogens with one attached hydrogen (secondary N) is 1. The summed E-state index contributed by atoms with van der Waals surface area (Å²) in [6, 6.07) is 14.6. The van der Waals surface area contributed by atoms with Crippen LogP contribution < -0.4 is 5.32 Å². The Morgan fingerprint density at radius 3 is 2.67 bits per heavy atom. The number of rotatable bonds is 3. The van der Waals surface area contributed by atoms with E-state index < -0.39 is 0 Å². The Morgan fingerprint density at radius 2 is 1.92 bits per heavy atom. The Bertz CT molecular complexity index is 1000. The van der Waals surface area contributed by atoms with E-state index in [4.69, 9.17) is 8.83 Å². The number of amides is 1. The molecule has 6 nitrogen and oxygen atoms in total. The van der Waals surface area contributed by atoms with Crippen LogP contribution in [0.25, 0.3) is 22.7 Å². The average Bonchev–Trinajstić information content (AvgIpc) is 3.25. The Kier molecular flexibility index (Phi) is 3.35. The number of carbonyl (C=O) groups is 1. The van der Waals surface area contributed by atoms with Gasteiger partial charge in [0.2, 0.25) is 11.6 Å². The van der Waals surface area contributed by atoms with Crippen LogP contribution in [0.15, 0.2) is 63.6 Å². The monoisotopic (exact) mass is 319 g/mol. The van der Waals surface area contributed by atoms with Crippen LogP contribution >= 0.6 is 0 Å². The molecule has 0 fully saturated rings. The van der Waals surface area contributed by atoms with Gasteiger partial charge in [-0.2, -0.15) is 0 Å². The summed E-state index contributed by atoms with van der Waals surface area (Å²) < 4.78 is 10.8. The van der Waals surface area contributed by atoms with Gasteiger partial charge < -0.3 is 14.2 Å². The molecule has 6 heteroatoms. The van der Waals surface area contributed by atoms with Crippen molar-refractivity contribution in [1.29, 1.82) is 0 Å². The quantitative estimate of drug-likeness (QED) is 0.616. The van der Waals surface area contributed by atoms with Gasteiger partial charge in [0.1, 0.15) is 5.52 Å². The van der Waals surface area contributed by atoms with Gasteiger partial charge in [0.15, 0.2) is 5.76 Å². The lowest BCUT2D eigenvalue weighted by Gasteiger charge is -2.05. The van der Waals surface area contributed by atoms with Crippen molar-refractivity contribution in [2.45, 2.75) is 6.92 Å². The Balaban J connectivity index is 1.70. The third-order valence-electron chi connectivity index (χ3n) is 3.59. The summed E-state index contributed by atoms with van der Waals surface area (Å²) in [4.78, 5) is 20.9. The molecule has 1 N–H and O–H groups in total. The van der Waals surface area contributed by atoms with Crippen molar-refractivity contribution in [2.24, 2.45) is 0 Å². The molecule has 0 aliphatic rings. The van der Waals surface area contributed by atoms with Gasteiger partial charge in [-0.15, -0.1) is 0 Å². The molecule has 4 rings (SSSR count). The maximum atomic E-state index is 12.1. The van der Waals surface area contributed by atoms with E-state index in [-0.39, 0.29) is 11.7 Å². The summed E-state index contributed by atoms with van der Waals surface area (Å²) in [7, 11) is 0.